The molecule has 3 rings (SSSR count). The van der Waals surface area contributed by atoms with E-state index in [1.807, 2.05) is 12.1 Å². The number of hydrogen-bond acceptors (Lipinski definition) is 6. The van der Waals surface area contributed by atoms with E-state index in [9.17, 15) is 13.2 Å². The second-order valence-corrected chi connectivity index (χ2v) is 9.69. The van der Waals surface area contributed by atoms with E-state index in [1.54, 1.807) is 31.2 Å². The Morgan fingerprint density at radius 2 is 1.71 bits per heavy atom. The Balaban J connectivity index is 1.42. The summed E-state index contributed by atoms with van der Waals surface area (Å²) in [6.45, 7) is 3.71. The minimum Gasteiger partial charge on any atom is -0.492 e. The number of hydrogen-bond donors (Lipinski definition) is 1. The first-order valence-corrected chi connectivity index (χ1v) is 12.1. The van der Waals surface area contributed by atoms with Gasteiger partial charge in [0.05, 0.1) is 24.7 Å². The third-order valence-corrected chi connectivity index (χ3v) is 7.04. The van der Waals surface area contributed by atoms with Gasteiger partial charge in [0.1, 0.15) is 18.1 Å². The maximum Gasteiger partial charge on any atom is 0.260 e. The number of ether oxygens (including phenoxy) is 3. The summed E-state index contributed by atoms with van der Waals surface area (Å²) in [4.78, 5) is 12.4. The molecule has 0 radical (unpaired) electrons. The average molecular weight is 513 g/mol. The van der Waals surface area contributed by atoms with Crippen molar-refractivity contribution in [1.29, 1.82) is 0 Å². The van der Waals surface area contributed by atoms with Crippen LogP contribution in [-0.2, 0) is 19.6 Å². The van der Waals surface area contributed by atoms with E-state index in [-0.39, 0.29) is 17.4 Å². The molecule has 10 heteroatoms. The van der Waals surface area contributed by atoms with E-state index in [2.05, 4.69) is 21.2 Å². The summed E-state index contributed by atoms with van der Waals surface area (Å²) < 4.78 is 44.0. The lowest BCUT2D eigenvalue weighted by atomic mass is 10.3. The lowest BCUT2D eigenvalue weighted by Gasteiger charge is -2.26. The molecule has 1 atom stereocenters. The van der Waals surface area contributed by atoms with Crippen molar-refractivity contribution in [2.24, 2.45) is 0 Å². The van der Waals surface area contributed by atoms with Crippen LogP contribution in [0.3, 0.4) is 0 Å². The maximum atomic E-state index is 12.6. The van der Waals surface area contributed by atoms with E-state index in [1.165, 1.54) is 16.4 Å². The van der Waals surface area contributed by atoms with E-state index in [0.717, 1.165) is 4.47 Å². The molecular formula is C21H25BrN2O6S. The van der Waals surface area contributed by atoms with Crippen molar-refractivity contribution in [2.75, 3.05) is 39.5 Å². The zero-order valence-electron chi connectivity index (χ0n) is 17.1. The largest absolute Gasteiger partial charge is 0.492 e. The molecule has 0 spiro atoms. The van der Waals surface area contributed by atoms with Crippen molar-refractivity contribution in [2.45, 2.75) is 17.9 Å². The van der Waals surface area contributed by atoms with Gasteiger partial charge in [-0.05, 0) is 55.5 Å². The van der Waals surface area contributed by atoms with Gasteiger partial charge in [0.15, 0.2) is 6.10 Å². The molecule has 1 N–H and O–H groups in total. The molecule has 1 aliphatic heterocycles. The molecule has 0 bridgehead atoms. The molecule has 1 amide bonds. The number of sulfonamides is 1. The van der Waals surface area contributed by atoms with Gasteiger partial charge in [-0.3, -0.25) is 4.79 Å². The molecule has 1 saturated heterocycles. The monoisotopic (exact) mass is 512 g/mol. The summed E-state index contributed by atoms with van der Waals surface area (Å²) in [5, 5.41) is 2.75. The molecule has 2 aromatic rings. The van der Waals surface area contributed by atoms with Crippen LogP contribution in [0.15, 0.2) is 57.9 Å². The third-order valence-electron chi connectivity index (χ3n) is 4.60. The average Bonchev–Trinajstić information content (AvgIpc) is 2.79. The molecule has 0 aromatic heterocycles. The highest BCUT2D eigenvalue weighted by atomic mass is 79.9. The number of rotatable bonds is 9. The van der Waals surface area contributed by atoms with Crippen LogP contribution in [0.1, 0.15) is 6.92 Å². The predicted octanol–water partition coefficient (Wildman–Crippen LogP) is 2.43. The molecule has 168 valence electrons. The number of amides is 1. The van der Waals surface area contributed by atoms with E-state index in [4.69, 9.17) is 14.2 Å². The lowest BCUT2D eigenvalue weighted by molar-refractivity contribution is -0.127. The Kier molecular flexibility index (Phi) is 8.30. The minimum absolute atomic E-state index is 0.217. The van der Waals surface area contributed by atoms with Crippen molar-refractivity contribution < 1.29 is 27.4 Å². The van der Waals surface area contributed by atoms with Gasteiger partial charge in [-0.1, -0.05) is 15.9 Å². The van der Waals surface area contributed by atoms with E-state index in [0.29, 0.717) is 44.3 Å². The highest BCUT2D eigenvalue weighted by molar-refractivity contribution is 9.10. The van der Waals surface area contributed by atoms with Crippen LogP contribution in [0.5, 0.6) is 11.5 Å². The molecule has 8 nitrogen and oxygen atoms in total. The van der Waals surface area contributed by atoms with Crippen molar-refractivity contribution in [3.05, 3.63) is 53.0 Å². The summed E-state index contributed by atoms with van der Waals surface area (Å²) >= 11 is 3.35. The number of nitrogens with zero attached hydrogens (tertiary/aromatic N) is 1. The molecule has 1 heterocycles. The fraction of sp³-hybridized carbons (Fsp3) is 0.381. The fourth-order valence-corrected chi connectivity index (χ4v) is 4.57. The van der Waals surface area contributed by atoms with Crippen molar-refractivity contribution in [3.8, 4) is 11.5 Å². The second kappa shape index (κ2) is 10.9. The summed E-state index contributed by atoms with van der Waals surface area (Å²) in [5.41, 5.74) is 0. The van der Waals surface area contributed by atoms with Crippen LogP contribution in [0.2, 0.25) is 0 Å². The molecule has 0 aliphatic carbocycles. The topological polar surface area (TPSA) is 94.2 Å². The minimum atomic E-state index is -3.53. The van der Waals surface area contributed by atoms with Crippen LogP contribution in [0.25, 0.3) is 0 Å². The van der Waals surface area contributed by atoms with Gasteiger partial charge >= 0.3 is 0 Å². The Bertz CT molecular complexity index is 960. The summed E-state index contributed by atoms with van der Waals surface area (Å²) in [7, 11) is -3.53. The van der Waals surface area contributed by atoms with E-state index < -0.39 is 16.1 Å². The first-order valence-electron chi connectivity index (χ1n) is 9.87. The first-order chi connectivity index (χ1) is 14.9. The van der Waals surface area contributed by atoms with Crippen molar-refractivity contribution in [1.82, 2.24) is 9.62 Å². The molecule has 1 aliphatic rings. The number of nitrogens with one attached hydrogen (secondary N) is 1. The van der Waals surface area contributed by atoms with Crippen LogP contribution in [-0.4, -0.2) is 64.2 Å². The SMILES string of the molecule is CC(Oc1ccc(Br)cc1)C(=O)NCCOc1ccc(S(=O)(=O)N2CCOCC2)cc1. The standard InChI is InChI=1S/C21H25BrN2O6S/c1-16(30-19-4-2-17(22)3-5-19)21(25)23-10-13-29-18-6-8-20(9-7-18)31(26,27)24-11-14-28-15-12-24/h2-9,16H,10-15H2,1H3,(H,23,25). The molecule has 31 heavy (non-hydrogen) atoms. The second-order valence-electron chi connectivity index (χ2n) is 6.84. The van der Waals surface area contributed by atoms with E-state index >= 15 is 0 Å². The van der Waals surface area contributed by atoms with Crippen LogP contribution in [0, 0.1) is 0 Å². The predicted molar refractivity (Wildman–Crippen MR) is 119 cm³/mol. The van der Waals surface area contributed by atoms with Gasteiger partial charge in [0, 0.05) is 17.6 Å². The summed E-state index contributed by atoms with van der Waals surface area (Å²) in [6.07, 6.45) is -0.647. The number of benzene rings is 2. The van der Waals surface area contributed by atoms with Gasteiger partial charge in [-0.15, -0.1) is 0 Å². The number of carbonyl (C=O) groups excluding carboxylic acids is 1. The molecule has 1 fully saturated rings. The molecule has 1 unspecified atom stereocenters. The van der Waals surface area contributed by atoms with Gasteiger partial charge in [0.25, 0.3) is 5.91 Å². The maximum absolute atomic E-state index is 12.6. The van der Waals surface area contributed by atoms with Crippen LogP contribution < -0.4 is 14.8 Å². The molecule has 2 aromatic carbocycles. The summed E-state index contributed by atoms with van der Waals surface area (Å²) in [6, 6.07) is 13.5. The van der Waals surface area contributed by atoms with Gasteiger partial charge in [-0.2, -0.15) is 4.31 Å². The lowest BCUT2D eigenvalue weighted by Crippen LogP contribution is -2.40. The molecular weight excluding hydrogens is 488 g/mol. The highest BCUT2D eigenvalue weighted by Gasteiger charge is 2.26. The fourth-order valence-electron chi connectivity index (χ4n) is 2.90. The van der Waals surface area contributed by atoms with Crippen molar-refractivity contribution >= 4 is 31.9 Å². The summed E-state index contributed by atoms with van der Waals surface area (Å²) in [5.74, 6) is 0.877. The smallest absolute Gasteiger partial charge is 0.260 e. The highest BCUT2D eigenvalue weighted by Crippen LogP contribution is 2.20. The van der Waals surface area contributed by atoms with Crippen molar-refractivity contribution in [3.63, 3.8) is 0 Å². The first kappa shape index (κ1) is 23.5. The van der Waals surface area contributed by atoms with Gasteiger partial charge < -0.3 is 19.5 Å². The Morgan fingerprint density at radius 1 is 1.10 bits per heavy atom. The molecule has 0 saturated carbocycles. The number of carbonyl (C=O) groups is 1. The quantitative estimate of drug-likeness (QED) is 0.518. The Labute approximate surface area is 190 Å². The zero-order valence-corrected chi connectivity index (χ0v) is 19.5. The van der Waals surface area contributed by atoms with Crippen LogP contribution in [0.4, 0.5) is 0 Å². The zero-order chi connectivity index (χ0) is 22.3. The number of morpholine rings is 1. The number of halogens is 1. The normalized spacial score (nSPS) is 15.8. The van der Waals surface area contributed by atoms with Gasteiger partial charge in [-0.25, -0.2) is 8.42 Å². The Morgan fingerprint density at radius 3 is 2.35 bits per heavy atom. The van der Waals surface area contributed by atoms with Gasteiger partial charge in [0.2, 0.25) is 10.0 Å². The van der Waals surface area contributed by atoms with Crippen LogP contribution >= 0.6 is 15.9 Å². The Hall–Kier alpha value is -2.14. The third kappa shape index (κ3) is 6.67.